The second-order valence-corrected chi connectivity index (χ2v) is 16.0. The molecule has 2 N–H and O–H groups in total. The molecule has 67 heavy (non-hydrogen) atoms. The van der Waals surface area contributed by atoms with Crippen molar-refractivity contribution in [2.75, 3.05) is 46.9 Å². The topological polar surface area (TPSA) is 175 Å². The largest absolute Gasteiger partial charge is 0.419 e. The molecule has 1 saturated carbocycles. The summed E-state index contributed by atoms with van der Waals surface area (Å²) in [6, 6.07) is 13.8. The number of nitrogens with one attached hydrogen (secondary N) is 2. The molecule has 1 atom stereocenters. The van der Waals surface area contributed by atoms with Gasteiger partial charge >= 0.3 is 12.4 Å². The fourth-order valence-electron chi connectivity index (χ4n) is 8.17. The number of nitriles is 2. The fourth-order valence-corrected chi connectivity index (χ4v) is 9.11. The molecule has 1 aliphatic carbocycles. The number of nitrogens with zero attached hydrogens (tertiary/aromatic N) is 7. The van der Waals surface area contributed by atoms with Gasteiger partial charge < -0.3 is 25.2 Å². The number of alkyl halides is 6. The number of benzene rings is 3. The molecule has 14 nitrogen and oxygen atoms in total. The van der Waals surface area contributed by atoms with Crippen molar-refractivity contribution in [1.82, 2.24) is 15.6 Å². The summed E-state index contributed by atoms with van der Waals surface area (Å²) >= 11 is 10.9. The minimum atomic E-state index is -4.87. The molecular formula is C43H31F8N9O5S2. The van der Waals surface area contributed by atoms with Crippen LogP contribution in [-0.2, 0) is 26.7 Å². The van der Waals surface area contributed by atoms with Gasteiger partial charge in [0.15, 0.2) is 21.5 Å². The minimum Gasteiger partial charge on any atom is -0.378 e. The van der Waals surface area contributed by atoms with Crippen LogP contribution in [-0.4, -0.2) is 77.2 Å². The molecule has 4 fully saturated rings. The Morgan fingerprint density at radius 1 is 0.701 bits per heavy atom. The Balaban J connectivity index is 0.000000199. The molecule has 3 saturated heterocycles. The van der Waals surface area contributed by atoms with Crippen molar-refractivity contribution in [2.45, 2.75) is 49.1 Å². The third kappa shape index (κ3) is 8.04. The lowest BCUT2D eigenvalue weighted by Gasteiger charge is -2.43. The maximum absolute atomic E-state index is 14.7. The van der Waals surface area contributed by atoms with E-state index in [4.69, 9.17) is 39.7 Å². The summed E-state index contributed by atoms with van der Waals surface area (Å²) < 4.78 is 116. The summed E-state index contributed by atoms with van der Waals surface area (Å²) in [6.07, 6.45) is -7.19. The standard InChI is InChI=1S/C22H16F4N4O3S.C21H15F4N5O2S/c1-28-18(31)15-5-4-14(9-17(15)23)30-20(34)29(19(32)21(30)6-7-33-11-21)13-3-2-12(10-27)16(8-13)22(24,25)26;1-27-17(31)13-4-3-11(8-15(13)22)30-19(33)29(18(32)20(30)5-2-6-20)12-7-14(21(23,24)25)16(9-26)28-10-12/h2-5,8-9H,6-7,11H2,1H3,(H,28,31);3-4,7-8,10H,2,5-6H2,1H3,(H,27,31)/t21-;/m1./s1. The molecule has 4 heterocycles. The molecule has 3 aliphatic heterocycles. The van der Waals surface area contributed by atoms with E-state index in [9.17, 15) is 54.3 Å². The Labute approximate surface area is 385 Å². The van der Waals surface area contributed by atoms with Crippen molar-refractivity contribution < 1.29 is 59.0 Å². The Bertz CT molecular complexity index is 2870. The summed E-state index contributed by atoms with van der Waals surface area (Å²) in [4.78, 5) is 58.8. The fraction of sp³-hybridized carbons (Fsp3) is 0.279. The number of rotatable bonds is 6. The Hall–Kier alpha value is -7.15. The van der Waals surface area contributed by atoms with E-state index in [1.807, 2.05) is 0 Å². The van der Waals surface area contributed by atoms with Gasteiger partial charge in [0.25, 0.3) is 23.6 Å². The van der Waals surface area contributed by atoms with Crippen LogP contribution in [0.25, 0.3) is 0 Å². The molecule has 24 heteroatoms. The number of hydrogen-bond acceptors (Lipinski definition) is 10. The van der Waals surface area contributed by atoms with Crippen LogP contribution in [0.1, 0.15) is 68.8 Å². The summed E-state index contributed by atoms with van der Waals surface area (Å²) in [7, 11) is 2.70. The SMILES string of the molecule is CNC(=O)c1ccc(N2C(=S)N(c3ccc(C#N)c(C(F)(F)F)c3)C(=O)[C@]23CCOC3)cc1F.CNC(=O)c1ccc(N2C(=S)N(c3cnc(C#N)c(C(F)(F)F)c3)C(=O)C23CCC3)cc1F. The van der Waals surface area contributed by atoms with Crippen LogP contribution in [0.3, 0.4) is 0 Å². The maximum Gasteiger partial charge on any atom is 0.419 e. The number of pyridine rings is 1. The number of ether oxygens (including phenoxy) is 1. The number of carbonyl (C=O) groups excluding carboxylic acids is 4. The predicted molar refractivity (Wildman–Crippen MR) is 230 cm³/mol. The highest BCUT2D eigenvalue weighted by Crippen LogP contribution is 2.49. The molecule has 1 aromatic heterocycles. The first-order valence-corrected chi connectivity index (χ1v) is 20.5. The monoisotopic (exact) mass is 969 g/mol. The third-order valence-corrected chi connectivity index (χ3v) is 12.3. The zero-order chi connectivity index (χ0) is 49.0. The molecule has 346 valence electrons. The van der Waals surface area contributed by atoms with Crippen molar-refractivity contribution in [1.29, 1.82) is 10.5 Å². The molecule has 0 unspecified atom stereocenters. The van der Waals surface area contributed by atoms with E-state index in [0.29, 0.717) is 31.4 Å². The van der Waals surface area contributed by atoms with Crippen molar-refractivity contribution >= 4 is 81.0 Å². The van der Waals surface area contributed by atoms with Gasteiger partial charge in [-0.3, -0.25) is 29.0 Å². The first-order valence-electron chi connectivity index (χ1n) is 19.7. The van der Waals surface area contributed by atoms with Gasteiger partial charge in [0, 0.05) is 38.5 Å². The molecule has 4 aliphatic rings. The highest BCUT2D eigenvalue weighted by Gasteiger charge is 2.61. The highest BCUT2D eigenvalue weighted by atomic mass is 32.1. The molecule has 3 aromatic carbocycles. The van der Waals surface area contributed by atoms with Gasteiger partial charge in [-0.15, -0.1) is 0 Å². The number of hydrogen-bond donors (Lipinski definition) is 2. The lowest BCUT2D eigenvalue weighted by Crippen LogP contribution is -2.55. The van der Waals surface area contributed by atoms with Crippen molar-refractivity contribution in [2.24, 2.45) is 0 Å². The summed E-state index contributed by atoms with van der Waals surface area (Å²) in [5, 5.41) is 22.3. The Morgan fingerprint density at radius 2 is 1.19 bits per heavy atom. The first kappa shape index (κ1) is 47.8. The second kappa shape index (κ2) is 17.6. The molecule has 8 rings (SSSR count). The van der Waals surface area contributed by atoms with E-state index in [1.165, 1.54) is 66.4 Å². The molecule has 4 amide bonds. The van der Waals surface area contributed by atoms with Gasteiger partial charge in [0.05, 0.1) is 58.1 Å². The van der Waals surface area contributed by atoms with Gasteiger partial charge in [-0.05, 0) is 104 Å². The Kier molecular flexibility index (Phi) is 12.5. The van der Waals surface area contributed by atoms with Gasteiger partial charge in [-0.1, -0.05) is 0 Å². The molecule has 0 radical (unpaired) electrons. The van der Waals surface area contributed by atoms with Gasteiger partial charge in [0.1, 0.15) is 23.2 Å². The number of anilines is 4. The van der Waals surface area contributed by atoms with E-state index in [1.54, 1.807) is 0 Å². The van der Waals surface area contributed by atoms with E-state index in [2.05, 4.69) is 15.6 Å². The zero-order valence-corrected chi connectivity index (χ0v) is 36.2. The highest BCUT2D eigenvalue weighted by molar-refractivity contribution is 7.81. The van der Waals surface area contributed by atoms with Crippen LogP contribution in [0.15, 0.2) is 66.9 Å². The van der Waals surface area contributed by atoms with Gasteiger partial charge in [0.2, 0.25) is 0 Å². The number of halogens is 8. The molecule has 2 spiro atoms. The minimum absolute atomic E-state index is 0.121. The van der Waals surface area contributed by atoms with E-state index < -0.39 is 81.1 Å². The average Bonchev–Trinajstić information content (AvgIpc) is 3.92. The summed E-state index contributed by atoms with van der Waals surface area (Å²) in [5.74, 6) is -4.19. The van der Waals surface area contributed by atoms with Crippen molar-refractivity contribution in [3.05, 3.63) is 112 Å². The predicted octanol–water partition coefficient (Wildman–Crippen LogP) is 6.90. The summed E-state index contributed by atoms with van der Waals surface area (Å²) in [6.45, 7) is 0.0579. The van der Waals surface area contributed by atoms with Gasteiger partial charge in [-0.25, -0.2) is 13.8 Å². The normalized spacial score (nSPS) is 18.7. The van der Waals surface area contributed by atoms with Crippen LogP contribution >= 0.6 is 24.4 Å². The van der Waals surface area contributed by atoms with Crippen LogP contribution in [0.4, 0.5) is 57.9 Å². The van der Waals surface area contributed by atoms with E-state index >= 15 is 0 Å². The summed E-state index contributed by atoms with van der Waals surface area (Å²) in [5.41, 5.74) is -7.03. The number of aromatic nitrogens is 1. The smallest absolute Gasteiger partial charge is 0.378 e. The van der Waals surface area contributed by atoms with Gasteiger partial charge in [-0.2, -0.15) is 36.9 Å². The van der Waals surface area contributed by atoms with Crippen molar-refractivity contribution in [3.8, 4) is 12.1 Å². The van der Waals surface area contributed by atoms with Crippen LogP contribution in [0, 0.1) is 34.3 Å². The maximum atomic E-state index is 14.7. The van der Waals surface area contributed by atoms with Crippen LogP contribution in [0.2, 0.25) is 0 Å². The molecule has 4 aromatic rings. The van der Waals surface area contributed by atoms with E-state index in [0.717, 1.165) is 34.2 Å². The first-order chi connectivity index (χ1) is 31.6. The lowest BCUT2D eigenvalue weighted by molar-refractivity contribution is -0.138. The molecular weight excluding hydrogens is 939 g/mol. The van der Waals surface area contributed by atoms with Crippen LogP contribution in [0.5, 0.6) is 0 Å². The number of carbonyl (C=O) groups is 4. The molecule has 0 bridgehead atoms. The quantitative estimate of drug-likeness (QED) is 0.151. The average molecular weight is 970 g/mol. The lowest BCUT2D eigenvalue weighted by atomic mass is 9.75. The third-order valence-electron chi connectivity index (χ3n) is 11.6. The number of thiocarbonyl (C=S) groups is 2. The van der Waals surface area contributed by atoms with Crippen molar-refractivity contribution in [3.63, 3.8) is 0 Å². The number of amides is 4. The Morgan fingerprint density at radius 3 is 1.63 bits per heavy atom. The second-order valence-electron chi connectivity index (χ2n) is 15.3. The van der Waals surface area contributed by atoms with E-state index in [-0.39, 0.29) is 63.7 Å². The van der Waals surface area contributed by atoms with Crippen LogP contribution < -0.4 is 30.2 Å². The zero-order valence-electron chi connectivity index (χ0n) is 34.6.